The lowest BCUT2D eigenvalue weighted by Gasteiger charge is -2.37. The van der Waals surface area contributed by atoms with Gasteiger partial charge in [-0.2, -0.15) is 0 Å². The average Bonchev–Trinajstić information content (AvgIpc) is 3.14. The van der Waals surface area contributed by atoms with E-state index in [2.05, 4.69) is 41.4 Å². The van der Waals surface area contributed by atoms with Crippen molar-refractivity contribution in [1.82, 2.24) is 15.1 Å². The summed E-state index contributed by atoms with van der Waals surface area (Å²) in [6.45, 7) is 7.82. The molecule has 0 radical (unpaired) electrons. The van der Waals surface area contributed by atoms with Crippen LogP contribution in [-0.4, -0.2) is 53.8 Å². The highest BCUT2D eigenvalue weighted by atomic mass is 16.2. The number of piperazine rings is 1. The van der Waals surface area contributed by atoms with Gasteiger partial charge in [-0.25, -0.2) is 0 Å². The van der Waals surface area contributed by atoms with Crippen LogP contribution in [0.5, 0.6) is 0 Å². The van der Waals surface area contributed by atoms with Gasteiger partial charge in [0, 0.05) is 39.6 Å². The summed E-state index contributed by atoms with van der Waals surface area (Å²) < 4.78 is 0. The van der Waals surface area contributed by atoms with Crippen LogP contribution in [0.3, 0.4) is 0 Å². The molecule has 5 heteroatoms. The second kappa shape index (κ2) is 8.67. The van der Waals surface area contributed by atoms with Crippen LogP contribution in [0.15, 0.2) is 24.3 Å². The molecule has 1 saturated heterocycles. The summed E-state index contributed by atoms with van der Waals surface area (Å²) in [6.07, 6.45) is 4.42. The average molecular weight is 357 g/mol. The summed E-state index contributed by atoms with van der Waals surface area (Å²) in [4.78, 5) is 29.0. The molecule has 2 aliphatic rings. The van der Waals surface area contributed by atoms with Gasteiger partial charge >= 0.3 is 0 Å². The van der Waals surface area contributed by atoms with Crippen LogP contribution in [0.4, 0.5) is 0 Å². The molecule has 142 valence electrons. The van der Waals surface area contributed by atoms with Crippen LogP contribution >= 0.6 is 0 Å². The van der Waals surface area contributed by atoms with Crippen LogP contribution in [0, 0.1) is 12.8 Å². The van der Waals surface area contributed by atoms with Crippen LogP contribution in [0.2, 0.25) is 0 Å². The molecule has 3 rings (SSSR count). The number of hydrogen-bond donors (Lipinski definition) is 1. The maximum absolute atomic E-state index is 13.0. The number of hydrogen-bond acceptors (Lipinski definition) is 3. The minimum Gasteiger partial charge on any atom is -0.344 e. The first kappa shape index (κ1) is 18.9. The van der Waals surface area contributed by atoms with Gasteiger partial charge < -0.3 is 10.2 Å². The van der Waals surface area contributed by atoms with E-state index in [1.165, 1.54) is 18.1 Å². The van der Waals surface area contributed by atoms with E-state index in [1.807, 2.05) is 4.90 Å². The maximum atomic E-state index is 13.0. The summed E-state index contributed by atoms with van der Waals surface area (Å²) in [6, 6.07) is 8.27. The summed E-state index contributed by atoms with van der Waals surface area (Å²) in [7, 11) is 0. The molecule has 1 heterocycles. The molecule has 1 aromatic rings. The van der Waals surface area contributed by atoms with Gasteiger partial charge in [0.05, 0.1) is 0 Å². The quantitative estimate of drug-likeness (QED) is 0.880. The van der Waals surface area contributed by atoms with Crippen molar-refractivity contribution >= 4 is 11.8 Å². The lowest BCUT2D eigenvalue weighted by molar-refractivity contribution is -0.139. The Kier molecular flexibility index (Phi) is 6.30. The molecule has 0 spiro atoms. The number of benzene rings is 1. The van der Waals surface area contributed by atoms with Crippen molar-refractivity contribution in [3.8, 4) is 0 Å². The fourth-order valence-electron chi connectivity index (χ4n) is 4.28. The number of carbonyl (C=O) groups excluding carboxylic acids is 2. The minimum absolute atomic E-state index is 0.103. The monoisotopic (exact) mass is 357 g/mol. The Morgan fingerprint density at radius 1 is 1.15 bits per heavy atom. The van der Waals surface area contributed by atoms with Gasteiger partial charge in [0.2, 0.25) is 11.8 Å². The summed E-state index contributed by atoms with van der Waals surface area (Å²) in [5.74, 6) is 0.312. The van der Waals surface area contributed by atoms with Gasteiger partial charge in [-0.05, 0) is 31.2 Å². The van der Waals surface area contributed by atoms with E-state index in [-0.39, 0.29) is 17.9 Å². The van der Waals surface area contributed by atoms with E-state index in [9.17, 15) is 9.59 Å². The van der Waals surface area contributed by atoms with Crippen LogP contribution in [0.25, 0.3) is 0 Å². The zero-order chi connectivity index (χ0) is 18.5. The molecule has 0 bridgehead atoms. The largest absolute Gasteiger partial charge is 0.344 e. The fourth-order valence-corrected chi connectivity index (χ4v) is 4.28. The van der Waals surface area contributed by atoms with Crippen LogP contribution in [0.1, 0.15) is 43.7 Å². The molecular formula is C21H31N3O2. The van der Waals surface area contributed by atoms with E-state index < -0.39 is 0 Å². The van der Waals surface area contributed by atoms with Gasteiger partial charge in [-0.1, -0.05) is 42.7 Å². The second-order valence-corrected chi connectivity index (χ2v) is 7.81. The van der Waals surface area contributed by atoms with Gasteiger partial charge in [0.25, 0.3) is 0 Å². The molecule has 1 aromatic carbocycles. The van der Waals surface area contributed by atoms with Gasteiger partial charge in [0.15, 0.2) is 0 Å². The van der Waals surface area contributed by atoms with E-state index in [1.54, 1.807) is 0 Å². The summed E-state index contributed by atoms with van der Waals surface area (Å²) in [5, 5.41) is 2.93. The van der Waals surface area contributed by atoms with E-state index in [4.69, 9.17) is 0 Å². The molecule has 2 amide bonds. The third-order valence-corrected chi connectivity index (χ3v) is 5.67. The molecule has 5 nitrogen and oxygen atoms in total. The van der Waals surface area contributed by atoms with Gasteiger partial charge in [0.1, 0.15) is 6.04 Å². The number of aryl methyl sites for hydroxylation is 1. The van der Waals surface area contributed by atoms with Crippen molar-refractivity contribution in [1.29, 1.82) is 0 Å². The normalized spacial score (nSPS) is 20.2. The second-order valence-electron chi connectivity index (χ2n) is 7.81. The zero-order valence-corrected chi connectivity index (χ0v) is 16.0. The number of nitrogens with one attached hydrogen (secondary N) is 1. The maximum Gasteiger partial charge on any atom is 0.245 e. The fraction of sp³-hybridized carbons (Fsp3) is 0.619. The Morgan fingerprint density at radius 2 is 1.85 bits per heavy atom. The zero-order valence-electron chi connectivity index (χ0n) is 16.0. The number of rotatable bonds is 5. The number of carbonyl (C=O) groups is 2. The Bertz CT molecular complexity index is 632. The number of amides is 2. The molecule has 1 atom stereocenters. The predicted molar refractivity (Wildman–Crippen MR) is 103 cm³/mol. The number of nitrogens with zero attached hydrogens (tertiary/aromatic N) is 2. The van der Waals surface area contributed by atoms with E-state index >= 15 is 0 Å². The highest BCUT2D eigenvalue weighted by molar-refractivity contribution is 5.87. The molecular weight excluding hydrogens is 326 g/mol. The van der Waals surface area contributed by atoms with E-state index in [0.29, 0.717) is 5.92 Å². The first-order chi connectivity index (χ1) is 12.5. The van der Waals surface area contributed by atoms with Crippen molar-refractivity contribution in [2.75, 3.05) is 26.2 Å². The highest BCUT2D eigenvalue weighted by Gasteiger charge is 2.35. The third kappa shape index (κ3) is 4.85. The van der Waals surface area contributed by atoms with E-state index in [0.717, 1.165) is 58.4 Å². The predicted octanol–water partition coefficient (Wildman–Crippen LogP) is 2.33. The molecule has 1 unspecified atom stereocenters. The third-order valence-electron chi connectivity index (χ3n) is 5.67. The SMILES string of the molecule is CC(=O)NC(C(=O)N1CCN(Cc2cccc(C)c2)CC1)C1CCCC1. The lowest BCUT2D eigenvalue weighted by atomic mass is 9.96. The molecule has 1 saturated carbocycles. The Hall–Kier alpha value is -1.88. The highest BCUT2D eigenvalue weighted by Crippen LogP contribution is 2.29. The molecule has 1 N–H and O–H groups in total. The van der Waals surface area contributed by atoms with Crippen molar-refractivity contribution in [3.63, 3.8) is 0 Å². The van der Waals surface area contributed by atoms with Crippen molar-refractivity contribution in [2.24, 2.45) is 5.92 Å². The summed E-state index contributed by atoms with van der Waals surface area (Å²) >= 11 is 0. The van der Waals surface area contributed by atoms with Gasteiger partial charge in [-0.3, -0.25) is 14.5 Å². The molecule has 26 heavy (non-hydrogen) atoms. The Labute approximate surface area is 156 Å². The topological polar surface area (TPSA) is 52.7 Å². The standard InChI is InChI=1S/C21H31N3O2/c1-16-6-5-7-18(14-16)15-23-10-12-24(13-11-23)21(26)20(22-17(2)25)19-8-3-4-9-19/h5-7,14,19-20H,3-4,8-13,15H2,1-2H3,(H,22,25). The molecule has 1 aliphatic carbocycles. The first-order valence-electron chi connectivity index (χ1n) is 9.87. The van der Waals surface area contributed by atoms with Crippen molar-refractivity contribution < 1.29 is 9.59 Å². The first-order valence-corrected chi connectivity index (χ1v) is 9.87. The summed E-state index contributed by atoms with van der Waals surface area (Å²) in [5.41, 5.74) is 2.61. The minimum atomic E-state index is -0.335. The molecule has 1 aliphatic heterocycles. The molecule has 0 aromatic heterocycles. The Morgan fingerprint density at radius 3 is 2.46 bits per heavy atom. The Balaban J connectivity index is 1.55. The van der Waals surface area contributed by atoms with Crippen molar-refractivity contribution in [3.05, 3.63) is 35.4 Å². The smallest absolute Gasteiger partial charge is 0.245 e. The molecule has 2 fully saturated rings. The lowest BCUT2D eigenvalue weighted by Crippen LogP contribution is -2.56. The van der Waals surface area contributed by atoms with Crippen molar-refractivity contribution in [2.45, 2.75) is 52.1 Å². The van der Waals surface area contributed by atoms with Gasteiger partial charge in [-0.15, -0.1) is 0 Å². The van der Waals surface area contributed by atoms with Crippen LogP contribution in [-0.2, 0) is 16.1 Å². The van der Waals surface area contributed by atoms with Crippen LogP contribution < -0.4 is 5.32 Å².